The van der Waals surface area contributed by atoms with Crippen molar-refractivity contribution in [1.82, 2.24) is 14.5 Å². The van der Waals surface area contributed by atoms with Crippen molar-refractivity contribution in [3.8, 4) is 0 Å². The molecule has 0 spiro atoms. The fourth-order valence-corrected chi connectivity index (χ4v) is 2.92. The summed E-state index contributed by atoms with van der Waals surface area (Å²) in [5.74, 6) is 0.798. The summed E-state index contributed by atoms with van der Waals surface area (Å²) in [7, 11) is 1.93. The van der Waals surface area contributed by atoms with Crippen molar-refractivity contribution in [1.29, 1.82) is 0 Å². The molecule has 0 amide bonds. The second kappa shape index (κ2) is 4.90. The molecule has 0 bridgehead atoms. The van der Waals surface area contributed by atoms with E-state index in [-0.39, 0.29) is 0 Å². The molecule has 5 heteroatoms. The molecule has 0 saturated carbocycles. The van der Waals surface area contributed by atoms with E-state index in [1.807, 2.05) is 7.05 Å². The van der Waals surface area contributed by atoms with Crippen LogP contribution in [0.4, 0.5) is 5.00 Å². The van der Waals surface area contributed by atoms with Crippen LogP contribution >= 0.6 is 11.5 Å². The molecule has 1 unspecified atom stereocenters. The molecule has 1 atom stereocenters. The Morgan fingerprint density at radius 3 is 2.82 bits per heavy atom. The van der Waals surface area contributed by atoms with E-state index in [0.717, 1.165) is 23.2 Å². The number of hydrogen-bond acceptors (Lipinski definition) is 5. The van der Waals surface area contributed by atoms with Crippen molar-refractivity contribution in [3.05, 3.63) is 5.69 Å². The molecular weight excluding hydrogens is 232 g/mol. The van der Waals surface area contributed by atoms with Gasteiger partial charge in [0, 0.05) is 31.7 Å². The van der Waals surface area contributed by atoms with Crippen LogP contribution in [0.15, 0.2) is 0 Å². The van der Waals surface area contributed by atoms with Gasteiger partial charge < -0.3 is 5.32 Å². The number of nitrogens with zero attached hydrogens (tertiary/aromatic N) is 3. The standard InChI is InChI=1S/C12H22N4S/c1-12(2,3)9-5-6-16(7-9)8-10-11(13-4)17-15-14-10/h9,13H,5-8H2,1-4H3. The van der Waals surface area contributed by atoms with Crippen LogP contribution in [0.5, 0.6) is 0 Å². The van der Waals surface area contributed by atoms with Crippen molar-refractivity contribution in [2.24, 2.45) is 11.3 Å². The van der Waals surface area contributed by atoms with Crippen LogP contribution in [0.3, 0.4) is 0 Å². The SMILES string of the molecule is CNc1snnc1CN1CCC(C(C)(C)C)C1. The lowest BCUT2D eigenvalue weighted by Gasteiger charge is -2.27. The minimum atomic E-state index is 0.418. The van der Waals surface area contributed by atoms with Crippen molar-refractivity contribution in [3.63, 3.8) is 0 Å². The van der Waals surface area contributed by atoms with Gasteiger partial charge in [-0.2, -0.15) is 0 Å². The van der Waals surface area contributed by atoms with Crippen LogP contribution in [0.2, 0.25) is 0 Å². The van der Waals surface area contributed by atoms with Gasteiger partial charge in [-0.05, 0) is 24.3 Å². The van der Waals surface area contributed by atoms with Gasteiger partial charge in [-0.15, -0.1) is 5.10 Å². The molecule has 1 aliphatic rings. The molecule has 0 aliphatic carbocycles. The van der Waals surface area contributed by atoms with E-state index in [1.165, 1.54) is 31.0 Å². The molecule has 2 heterocycles. The first-order valence-corrected chi connectivity index (χ1v) is 6.99. The Labute approximate surface area is 108 Å². The van der Waals surface area contributed by atoms with Crippen molar-refractivity contribution in [2.75, 3.05) is 25.5 Å². The van der Waals surface area contributed by atoms with Gasteiger partial charge in [-0.1, -0.05) is 25.3 Å². The molecule has 2 rings (SSSR count). The van der Waals surface area contributed by atoms with Gasteiger partial charge >= 0.3 is 0 Å². The highest BCUT2D eigenvalue weighted by Crippen LogP contribution is 2.34. The van der Waals surface area contributed by atoms with Gasteiger partial charge in [0.15, 0.2) is 0 Å². The van der Waals surface area contributed by atoms with E-state index in [9.17, 15) is 0 Å². The number of nitrogens with one attached hydrogen (secondary N) is 1. The number of anilines is 1. The Morgan fingerprint density at radius 1 is 1.47 bits per heavy atom. The van der Waals surface area contributed by atoms with Crippen LogP contribution in [-0.2, 0) is 6.54 Å². The lowest BCUT2D eigenvalue weighted by Crippen LogP contribution is -2.26. The quantitative estimate of drug-likeness (QED) is 0.899. The average molecular weight is 254 g/mol. The monoisotopic (exact) mass is 254 g/mol. The Morgan fingerprint density at radius 2 is 2.24 bits per heavy atom. The predicted octanol–water partition coefficient (Wildman–Crippen LogP) is 2.45. The maximum Gasteiger partial charge on any atom is 0.134 e. The van der Waals surface area contributed by atoms with Crippen molar-refractivity contribution < 1.29 is 0 Å². The van der Waals surface area contributed by atoms with Crippen LogP contribution in [-0.4, -0.2) is 34.6 Å². The van der Waals surface area contributed by atoms with Crippen LogP contribution < -0.4 is 5.32 Å². The van der Waals surface area contributed by atoms with Crippen molar-refractivity contribution in [2.45, 2.75) is 33.7 Å². The zero-order valence-corrected chi connectivity index (χ0v) is 12.0. The molecular formula is C12H22N4S. The first-order chi connectivity index (χ1) is 8.00. The molecule has 1 fully saturated rings. The van der Waals surface area contributed by atoms with Gasteiger partial charge in [0.1, 0.15) is 10.7 Å². The van der Waals surface area contributed by atoms with E-state index in [4.69, 9.17) is 0 Å². The largest absolute Gasteiger partial charge is 0.377 e. The van der Waals surface area contributed by atoms with Gasteiger partial charge in [-0.25, -0.2) is 0 Å². The Bertz CT molecular complexity index is 369. The normalized spacial score (nSPS) is 22.0. The molecule has 1 aliphatic heterocycles. The summed E-state index contributed by atoms with van der Waals surface area (Å²) >= 11 is 1.44. The summed E-state index contributed by atoms with van der Waals surface area (Å²) in [4.78, 5) is 2.49. The molecule has 1 N–H and O–H groups in total. The van der Waals surface area contributed by atoms with E-state index in [1.54, 1.807) is 0 Å². The number of rotatable bonds is 3. The van der Waals surface area contributed by atoms with E-state index in [0.29, 0.717) is 5.41 Å². The molecule has 1 saturated heterocycles. The Kier molecular flexibility index (Phi) is 3.68. The predicted molar refractivity (Wildman–Crippen MR) is 72.3 cm³/mol. The van der Waals surface area contributed by atoms with Crippen molar-refractivity contribution >= 4 is 16.5 Å². The van der Waals surface area contributed by atoms with E-state index < -0.39 is 0 Å². The van der Waals surface area contributed by atoms with Crippen LogP contribution in [0.1, 0.15) is 32.9 Å². The molecule has 1 aromatic heterocycles. The topological polar surface area (TPSA) is 41.1 Å². The third kappa shape index (κ3) is 2.96. The minimum Gasteiger partial charge on any atom is -0.377 e. The third-order valence-corrected chi connectivity index (χ3v) is 4.44. The van der Waals surface area contributed by atoms with Crippen LogP contribution in [0, 0.1) is 11.3 Å². The minimum absolute atomic E-state index is 0.418. The summed E-state index contributed by atoms with van der Waals surface area (Å²) in [6.45, 7) is 10.3. The average Bonchev–Trinajstić information content (AvgIpc) is 2.86. The molecule has 17 heavy (non-hydrogen) atoms. The summed E-state index contributed by atoms with van der Waals surface area (Å²) in [6.07, 6.45) is 1.30. The molecule has 96 valence electrons. The van der Waals surface area contributed by atoms with Gasteiger partial charge in [0.2, 0.25) is 0 Å². The first kappa shape index (κ1) is 12.8. The summed E-state index contributed by atoms with van der Waals surface area (Å²) in [5.41, 5.74) is 1.51. The Balaban J connectivity index is 1.94. The fraction of sp³-hybridized carbons (Fsp3) is 0.833. The van der Waals surface area contributed by atoms with Crippen LogP contribution in [0.25, 0.3) is 0 Å². The number of hydrogen-bond donors (Lipinski definition) is 1. The summed E-state index contributed by atoms with van der Waals surface area (Å²) in [5, 5.41) is 8.46. The highest BCUT2D eigenvalue weighted by Gasteiger charge is 2.32. The zero-order chi connectivity index (χ0) is 12.5. The number of aromatic nitrogens is 2. The second-order valence-electron chi connectivity index (χ2n) is 5.89. The maximum absolute atomic E-state index is 4.20. The Hall–Kier alpha value is -0.680. The molecule has 1 aromatic rings. The van der Waals surface area contributed by atoms with E-state index >= 15 is 0 Å². The summed E-state index contributed by atoms with van der Waals surface area (Å²) < 4.78 is 4.01. The van der Waals surface area contributed by atoms with Gasteiger partial charge in [0.05, 0.1) is 0 Å². The number of likely N-dealkylation sites (tertiary alicyclic amines) is 1. The lowest BCUT2D eigenvalue weighted by molar-refractivity contribution is 0.225. The fourth-order valence-electron chi connectivity index (χ4n) is 2.40. The zero-order valence-electron chi connectivity index (χ0n) is 11.2. The molecule has 0 aromatic carbocycles. The first-order valence-electron chi connectivity index (χ1n) is 6.22. The molecule has 4 nitrogen and oxygen atoms in total. The lowest BCUT2D eigenvalue weighted by atomic mass is 9.80. The van der Waals surface area contributed by atoms with Gasteiger partial charge in [0.25, 0.3) is 0 Å². The maximum atomic E-state index is 4.20. The molecule has 0 radical (unpaired) electrons. The summed E-state index contributed by atoms with van der Waals surface area (Å²) in [6, 6.07) is 0. The highest BCUT2D eigenvalue weighted by molar-refractivity contribution is 7.10. The van der Waals surface area contributed by atoms with E-state index in [2.05, 4.69) is 40.6 Å². The third-order valence-electron chi connectivity index (χ3n) is 3.65. The highest BCUT2D eigenvalue weighted by atomic mass is 32.1. The smallest absolute Gasteiger partial charge is 0.134 e. The second-order valence-corrected chi connectivity index (χ2v) is 6.64. The van der Waals surface area contributed by atoms with Gasteiger partial charge in [-0.3, -0.25) is 4.90 Å².